The Kier molecular flexibility index (Phi) is 2.57. The summed E-state index contributed by atoms with van der Waals surface area (Å²) in [5.74, 6) is 0.881. The summed E-state index contributed by atoms with van der Waals surface area (Å²) < 4.78 is 1.91. The Labute approximate surface area is 84.1 Å². The topological polar surface area (TPSA) is 29.9 Å². The van der Waals surface area contributed by atoms with Crippen molar-refractivity contribution in [2.24, 2.45) is 0 Å². The van der Waals surface area contributed by atoms with Crippen LogP contribution in [-0.4, -0.2) is 16.8 Å². The lowest BCUT2D eigenvalue weighted by molar-refractivity contribution is 0.359. The number of rotatable bonds is 1. The zero-order chi connectivity index (χ0) is 10.2. The molecule has 0 aliphatic rings. The van der Waals surface area contributed by atoms with Crippen molar-refractivity contribution in [2.45, 2.75) is 33.2 Å². The molecular weight excluding hydrogens is 186 g/mol. The molecule has 0 saturated carbocycles. The van der Waals surface area contributed by atoms with E-state index in [0.717, 1.165) is 11.5 Å². The zero-order valence-electron chi connectivity index (χ0n) is 8.77. The van der Waals surface area contributed by atoms with E-state index in [1.54, 1.807) is 0 Å². The van der Waals surface area contributed by atoms with Gasteiger partial charge in [0.25, 0.3) is 0 Å². The Hall–Kier alpha value is -0.700. The van der Waals surface area contributed by atoms with Crippen LogP contribution in [-0.2, 0) is 5.54 Å². The van der Waals surface area contributed by atoms with Gasteiger partial charge in [-0.15, -0.1) is 0 Å². The van der Waals surface area contributed by atoms with Crippen LogP contribution in [0.25, 0.3) is 0 Å². The molecule has 0 radical (unpaired) electrons. The molecule has 1 heterocycles. The fourth-order valence-corrected chi connectivity index (χ4v) is 1.42. The van der Waals surface area contributed by atoms with Crippen molar-refractivity contribution in [3.05, 3.63) is 10.7 Å². The smallest absolute Gasteiger partial charge is 0.143 e. The quantitative estimate of drug-likeness (QED) is 0.757. The molecule has 1 N–H and O–H groups in total. The molecule has 3 nitrogen and oxygen atoms in total. The molecule has 1 aromatic heterocycles. The predicted octanol–water partition coefficient (Wildman–Crippen LogP) is 2.64. The van der Waals surface area contributed by atoms with Gasteiger partial charge in [-0.25, -0.2) is 4.68 Å². The molecule has 4 heteroatoms. The average Bonchev–Trinajstić information content (AvgIpc) is 2.28. The van der Waals surface area contributed by atoms with Crippen LogP contribution in [0.2, 0.25) is 5.02 Å². The summed E-state index contributed by atoms with van der Waals surface area (Å²) in [6.07, 6.45) is 0. The summed E-state index contributed by atoms with van der Waals surface area (Å²) >= 11 is 6.07. The van der Waals surface area contributed by atoms with Gasteiger partial charge in [0.05, 0.1) is 11.2 Å². The fourth-order valence-electron chi connectivity index (χ4n) is 1.21. The molecule has 1 rings (SSSR count). The van der Waals surface area contributed by atoms with Gasteiger partial charge in [0, 0.05) is 7.05 Å². The van der Waals surface area contributed by atoms with Gasteiger partial charge in [-0.05, 0) is 27.7 Å². The van der Waals surface area contributed by atoms with Crippen LogP contribution in [0.1, 0.15) is 26.5 Å². The number of aromatic nitrogens is 2. The highest BCUT2D eigenvalue weighted by Crippen LogP contribution is 2.29. The normalized spacial score (nSPS) is 11.8. The molecule has 0 unspecified atom stereocenters. The van der Waals surface area contributed by atoms with E-state index in [4.69, 9.17) is 11.6 Å². The third-order valence-corrected chi connectivity index (χ3v) is 2.31. The SMILES string of the molecule is CNc1c(Cl)c(C)nn1C(C)(C)C. The Morgan fingerprint density at radius 1 is 1.38 bits per heavy atom. The van der Waals surface area contributed by atoms with Gasteiger partial charge in [-0.2, -0.15) is 5.10 Å². The molecule has 13 heavy (non-hydrogen) atoms. The van der Waals surface area contributed by atoms with Crippen molar-refractivity contribution in [3.8, 4) is 0 Å². The zero-order valence-corrected chi connectivity index (χ0v) is 9.53. The van der Waals surface area contributed by atoms with Crippen molar-refractivity contribution in [2.75, 3.05) is 12.4 Å². The summed E-state index contributed by atoms with van der Waals surface area (Å²) in [7, 11) is 1.85. The maximum atomic E-state index is 6.07. The maximum Gasteiger partial charge on any atom is 0.143 e. The minimum absolute atomic E-state index is 0.0454. The molecule has 0 saturated heterocycles. The van der Waals surface area contributed by atoms with Gasteiger partial charge in [0.1, 0.15) is 10.8 Å². The third kappa shape index (κ3) is 1.80. The fraction of sp³-hybridized carbons (Fsp3) is 0.667. The predicted molar refractivity (Wildman–Crippen MR) is 56.5 cm³/mol. The lowest BCUT2D eigenvalue weighted by Gasteiger charge is -2.21. The molecular formula is C9H16ClN3. The molecule has 0 aliphatic heterocycles. The highest BCUT2D eigenvalue weighted by molar-refractivity contribution is 6.33. The van der Waals surface area contributed by atoms with E-state index < -0.39 is 0 Å². The first-order chi connectivity index (χ1) is 5.88. The van der Waals surface area contributed by atoms with Crippen molar-refractivity contribution >= 4 is 17.4 Å². The first-order valence-corrected chi connectivity index (χ1v) is 4.69. The monoisotopic (exact) mass is 201 g/mol. The minimum Gasteiger partial charge on any atom is -0.372 e. The largest absolute Gasteiger partial charge is 0.372 e. The molecule has 1 aromatic rings. The number of hydrogen-bond acceptors (Lipinski definition) is 2. The number of hydrogen-bond donors (Lipinski definition) is 1. The van der Waals surface area contributed by atoms with Gasteiger partial charge >= 0.3 is 0 Å². The Balaban J connectivity index is 3.30. The van der Waals surface area contributed by atoms with Crippen LogP contribution in [0.5, 0.6) is 0 Å². The molecule has 0 fully saturated rings. The summed E-state index contributed by atoms with van der Waals surface area (Å²) in [5, 5.41) is 8.14. The van der Waals surface area contributed by atoms with Crippen LogP contribution in [0.4, 0.5) is 5.82 Å². The second-order valence-electron chi connectivity index (χ2n) is 4.08. The summed E-state index contributed by atoms with van der Waals surface area (Å²) in [6, 6.07) is 0. The standard InChI is InChI=1S/C9H16ClN3/c1-6-7(10)8(11-5)13(12-6)9(2,3)4/h11H,1-5H3. The maximum absolute atomic E-state index is 6.07. The van der Waals surface area contributed by atoms with Crippen molar-refractivity contribution in [1.29, 1.82) is 0 Å². The van der Waals surface area contributed by atoms with E-state index in [9.17, 15) is 0 Å². The molecule has 0 spiro atoms. The Morgan fingerprint density at radius 3 is 2.23 bits per heavy atom. The van der Waals surface area contributed by atoms with Gasteiger partial charge in [0.2, 0.25) is 0 Å². The van der Waals surface area contributed by atoms with Crippen molar-refractivity contribution in [1.82, 2.24) is 9.78 Å². The summed E-state index contributed by atoms with van der Waals surface area (Å²) in [5.41, 5.74) is 0.817. The van der Waals surface area contributed by atoms with Crippen LogP contribution in [0.15, 0.2) is 0 Å². The van der Waals surface area contributed by atoms with E-state index in [-0.39, 0.29) is 5.54 Å². The van der Waals surface area contributed by atoms with Gasteiger partial charge in [-0.1, -0.05) is 11.6 Å². The molecule has 0 atom stereocenters. The molecule has 0 aromatic carbocycles. The number of anilines is 1. The van der Waals surface area contributed by atoms with Gasteiger partial charge in [-0.3, -0.25) is 0 Å². The van der Waals surface area contributed by atoms with Crippen LogP contribution < -0.4 is 5.32 Å². The summed E-state index contributed by atoms with van der Waals surface area (Å²) in [4.78, 5) is 0. The second-order valence-corrected chi connectivity index (χ2v) is 4.46. The van der Waals surface area contributed by atoms with Crippen LogP contribution >= 0.6 is 11.6 Å². The lowest BCUT2D eigenvalue weighted by atomic mass is 10.1. The first kappa shape index (κ1) is 10.4. The molecule has 0 bridgehead atoms. The number of nitrogens with zero attached hydrogens (tertiary/aromatic N) is 2. The molecule has 0 aliphatic carbocycles. The van der Waals surface area contributed by atoms with E-state index in [0.29, 0.717) is 5.02 Å². The van der Waals surface area contributed by atoms with Crippen LogP contribution in [0, 0.1) is 6.92 Å². The minimum atomic E-state index is -0.0454. The Bertz CT molecular complexity index is 309. The van der Waals surface area contributed by atoms with Gasteiger partial charge in [0.15, 0.2) is 0 Å². The van der Waals surface area contributed by atoms with E-state index in [2.05, 4.69) is 31.2 Å². The average molecular weight is 202 g/mol. The number of nitrogens with one attached hydrogen (secondary N) is 1. The van der Waals surface area contributed by atoms with Crippen molar-refractivity contribution in [3.63, 3.8) is 0 Å². The van der Waals surface area contributed by atoms with Crippen LogP contribution in [0.3, 0.4) is 0 Å². The van der Waals surface area contributed by atoms with Gasteiger partial charge < -0.3 is 5.32 Å². The van der Waals surface area contributed by atoms with E-state index in [1.807, 2.05) is 18.7 Å². The lowest BCUT2D eigenvalue weighted by Crippen LogP contribution is -2.24. The van der Waals surface area contributed by atoms with E-state index >= 15 is 0 Å². The second kappa shape index (κ2) is 3.22. The summed E-state index contributed by atoms with van der Waals surface area (Å²) in [6.45, 7) is 8.19. The number of halogens is 1. The highest BCUT2D eigenvalue weighted by Gasteiger charge is 2.21. The van der Waals surface area contributed by atoms with E-state index in [1.165, 1.54) is 0 Å². The highest BCUT2D eigenvalue weighted by atomic mass is 35.5. The van der Waals surface area contributed by atoms with Crippen molar-refractivity contribution < 1.29 is 0 Å². The third-order valence-electron chi connectivity index (χ3n) is 1.86. The number of aryl methyl sites for hydroxylation is 1. The first-order valence-electron chi connectivity index (χ1n) is 4.31. The molecule has 74 valence electrons. The Morgan fingerprint density at radius 2 is 1.92 bits per heavy atom. The molecule has 0 amide bonds.